The van der Waals surface area contributed by atoms with Gasteiger partial charge in [0.25, 0.3) is 5.56 Å². The summed E-state index contributed by atoms with van der Waals surface area (Å²) >= 11 is 3.55. The van der Waals surface area contributed by atoms with Gasteiger partial charge in [-0.1, -0.05) is 29.5 Å². The Kier molecular flexibility index (Phi) is 9.36. The molecule has 8 nitrogen and oxygen atoms in total. The molecule has 0 radical (unpaired) electrons. The summed E-state index contributed by atoms with van der Waals surface area (Å²) in [5.74, 6) is 0.972. The van der Waals surface area contributed by atoms with E-state index in [1.54, 1.807) is 25.5 Å². The van der Waals surface area contributed by atoms with Gasteiger partial charge in [-0.25, -0.2) is 9.79 Å². The van der Waals surface area contributed by atoms with E-state index in [1.807, 2.05) is 91.8 Å². The van der Waals surface area contributed by atoms with Crippen molar-refractivity contribution >= 4 is 51.7 Å². The highest BCUT2D eigenvalue weighted by Gasteiger charge is 2.33. The molecule has 10 heteroatoms. The van der Waals surface area contributed by atoms with E-state index in [2.05, 4.69) is 27.6 Å². The molecule has 0 saturated heterocycles. The number of methoxy groups -OCH3 is 1. The second kappa shape index (κ2) is 13.2. The first-order chi connectivity index (χ1) is 20.7. The van der Waals surface area contributed by atoms with Gasteiger partial charge in [-0.2, -0.15) is 0 Å². The third-order valence-corrected chi connectivity index (χ3v) is 8.75. The van der Waals surface area contributed by atoms with Crippen LogP contribution in [0, 0.1) is 3.57 Å². The Morgan fingerprint density at radius 2 is 1.81 bits per heavy atom. The smallest absolute Gasteiger partial charge is 0.338 e. The van der Waals surface area contributed by atoms with Crippen molar-refractivity contribution in [3.8, 4) is 11.5 Å². The number of esters is 1. The lowest BCUT2D eigenvalue weighted by molar-refractivity contribution is -0.139. The Labute approximate surface area is 267 Å². The highest BCUT2D eigenvalue weighted by atomic mass is 127. The number of carbonyl (C=O) groups is 1. The standard InChI is InChI=1S/C33H32IN3O5S/c1-6-41-32(39)29-20(2)35-33-37(30(29)22-8-12-25(13-9-22)36(3)4)31(38)28(43-33)18-21-7-16-27(40-5)23(17-21)19-42-26-14-10-24(34)11-15-26/h7-18,30H,6,19H2,1-5H3/t30-/m1/s1. The molecule has 0 bridgehead atoms. The zero-order valence-electron chi connectivity index (χ0n) is 24.6. The summed E-state index contributed by atoms with van der Waals surface area (Å²) in [7, 11) is 5.55. The van der Waals surface area contributed by atoms with Gasteiger partial charge in [0.1, 0.15) is 18.1 Å². The number of thiazole rings is 1. The lowest BCUT2D eigenvalue weighted by Crippen LogP contribution is -2.39. The van der Waals surface area contributed by atoms with E-state index in [9.17, 15) is 9.59 Å². The molecule has 1 aliphatic rings. The van der Waals surface area contributed by atoms with E-state index in [4.69, 9.17) is 14.2 Å². The van der Waals surface area contributed by atoms with Crippen LogP contribution in [0.15, 0.2) is 87.8 Å². The van der Waals surface area contributed by atoms with Crippen LogP contribution in [0.25, 0.3) is 6.08 Å². The molecular weight excluding hydrogens is 677 g/mol. The van der Waals surface area contributed by atoms with Crippen LogP contribution >= 0.6 is 33.9 Å². The van der Waals surface area contributed by atoms with Crippen molar-refractivity contribution in [2.45, 2.75) is 26.5 Å². The van der Waals surface area contributed by atoms with Crippen LogP contribution in [0.5, 0.6) is 11.5 Å². The second-order valence-electron chi connectivity index (χ2n) is 10.1. The molecule has 0 spiro atoms. The second-order valence-corrected chi connectivity index (χ2v) is 12.4. The minimum Gasteiger partial charge on any atom is -0.496 e. The predicted molar refractivity (Wildman–Crippen MR) is 178 cm³/mol. The average molecular weight is 710 g/mol. The van der Waals surface area contributed by atoms with Crippen LogP contribution in [0.4, 0.5) is 5.69 Å². The Morgan fingerprint density at radius 1 is 1.09 bits per heavy atom. The summed E-state index contributed by atoms with van der Waals surface area (Å²) in [6.45, 7) is 4.07. The van der Waals surface area contributed by atoms with Gasteiger partial charge in [-0.3, -0.25) is 9.36 Å². The van der Waals surface area contributed by atoms with Crippen LogP contribution in [-0.2, 0) is 16.1 Å². The topological polar surface area (TPSA) is 82.4 Å². The van der Waals surface area contributed by atoms with Crippen LogP contribution in [0.2, 0.25) is 0 Å². The minimum absolute atomic E-state index is 0.222. The van der Waals surface area contributed by atoms with Crippen molar-refractivity contribution in [3.05, 3.63) is 118 Å². The Bertz CT molecular complexity index is 1860. The molecule has 0 fully saturated rings. The first-order valence-electron chi connectivity index (χ1n) is 13.7. The van der Waals surface area contributed by atoms with Crippen LogP contribution < -0.4 is 29.3 Å². The predicted octanol–water partition coefficient (Wildman–Crippen LogP) is 5.06. The number of ether oxygens (including phenoxy) is 3. The Hall–Kier alpha value is -3.90. The zero-order chi connectivity index (χ0) is 30.7. The molecular formula is C33H32IN3O5S. The fourth-order valence-corrected chi connectivity index (χ4v) is 6.31. The maximum absolute atomic E-state index is 14.0. The Balaban J connectivity index is 1.57. The van der Waals surface area contributed by atoms with Gasteiger partial charge in [0.15, 0.2) is 4.80 Å². The normalized spacial score (nSPS) is 14.7. The van der Waals surface area contributed by atoms with Crippen molar-refractivity contribution in [1.82, 2.24) is 4.57 Å². The zero-order valence-corrected chi connectivity index (χ0v) is 27.6. The lowest BCUT2D eigenvalue weighted by atomic mass is 9.95. The molecule has 0 aliphatic carbocycles. The number of benzene rings is 3. The van der Waals surface area contributed by atoms with Crippen molar-refractivity contribution in [1.29, 1.82) is 0 Å². The van der Waals surface area contributed by atoms with Crippen molar-refractivity contribution < 1.29 is 19.0 Å². The molecule has 0 amide bonds. The third-order valence-electron chi connectivity index (χ3n) is 7.05. The van der Waals surface area contributed by atoms with E-state index < -0.39 is 12.0 Å². The lowest BCUT2D eigenvalue weighted by Gasteiger charge is -2.25. The van der Waals surface area contributed by atoms with E-state index in [-0.39, 0.29) is 12.2 Å². The number of hydrogen-bond acceptors (Lipinski definition) is 8. The first kappa shape index (κ1) is 30.6. The van der Waals surface area contributed by atoms with Crippen LogP contribution in [0.1, 0.15) is 36.6 Å². The summed E-state index contributed by atoms with van der Waals surface area (Å²) in [5, 5.41) is 0. The van der Waals surface area contributed by atoms with Gasteiger partial charge in [0.05, 0.1) is 35.6 Å². The van der Waals surface area contributed by atoms with Crippen LogP contribution in [-0.4, -0.2) is 38.3 Å². The summed E-state index contributed by atoms with van der Waals surface area (Å²) < 4.78 is 20.2. The number of allylic oxidation sites excluding steroid dienone is 1. The molecule has 3 aromatic carbocycles. The molecule has 43 heavy (non-hydrogen) atoms. The highest BCUT2D eigenvalue weighted by Crippen LogP contribution is 2.32. The average Bonchev–Trinajstić information content (AvgIpc) is 3.30. The minimum atomic E-state index is -0.664. The number of hydrogen-bond donors (Lipinski definition) is 0. The number of fused-ring (bicyclic) bond motifs is 1. The van der Waals surface area contributed by atoms with E-state index in [0.29, 0.717) is 33.0 Å². The quantitative estimate of drug-likeness (QED) is 0.179. The van der Waals surface area contributed by atoms with Gasteiger partial charge in [-0.15, -0.1) is 0 Å². The molecule has 1 atom stereocenters. The summed E-state index contributed by atoms with van der Waals surface area (Å²) in [6.07, 6.45) is 1.84. The fraction of sp³-hybridized carbons (Fsp3) is 0.242. The number of aromatic nitrogens is 1. The van der Waals surface area contributed by atoms with E-state index in [1.165, 1.54) is 11.3 Å². The largest absolute Gasteiger partial charge is 0.496 e. The number of nitrogens with zero attached hydrogens (tertiary/aromatic N) is 3. The third kappa shape index (κ3) is 6.54. The summed E-state index contributed by atoms with van der Waals surface area (Å²) in [5.41, 5.74) is 4.14. The summed E-state index contributed by atoms with van der Waals surface area (Å²) in [4.78, 5) is 34.4. The molecule has 0 unspecified atom stereocenters. The van der Waals surface area contributed by atoms with Crippen molar-refractivity contribution in [3.63, 3.8) is 0 Å². The van der Waals surface area contributed by atoms with Crippen LogP contribution in [0.3, 0.4) is 0 Å². The van der Waals surface area contributed by atoms with Gasteiger partial charge in [0.2, 0.25) is 0 Å². The maximum Gasteiger partial charge on any atom is 0.338 e. The monoisotopic (exact) mass is 709 g/mol. The number of rotatable bonds is 9. The molecule has 2 heterocycles. The number of carbonyl (C=O) groups excluding carboxylic acids is 1. The molecule has 1 aromatic heterocycles. The first-order valence-corrected chi connectivity index (χ1v) is 15.6. The van der Waals surface area contributed by atoms with Gasteiger partial charge >= 0.3 is 5.97 Å². The number of halogens is 1. The fourth-order valence-electron chi connectivity index (χ4n) is 4.91. The SMILES string of the molecule is CCOC(=O)C1=C(C)N=c2sc(=Cc3ccc(OC)c(COc4ccc(I)cc4)c3)c(=O)n2[C@@H]1c1ccc(N(C)C)cc1. The molecule has 1 aliphatic heterocycles. The van der Waals surface area contributed by atoms with Crippen molar-refractivity contribution in [2.24, 2.45) is 4.99 Å². The van der Waals surface area contributed by atoms with Gasteiger partial charge in [0, 0.05) is 28.9 Å². The maximum atomic E-state index is 14.0. The summed E-state index contributed by atoms with van der Waals surface area (Å²) in [6, 6.07) is 20.7. The van der Waals surface area contributed by atoms with E-state index in [0.717, 1.165) is 31.7 Å². The molecule has 222 valence electrons. The molecule has 0 N–H and O–H groups in total. The Morgan fingerprint density at radius 3 is 2.47 bits per heavy atom. The van der Waals surface area contributed by atoms with E-state index >= 15 is 0 Å². The van der Waals surface area contributed by atoms with Gasteiger partial charge in [-0.05, 0) is 102 Å². The van der Waals surface area contributed by atoms with Gasteiger partial charge < -0.3 is 19.1 Å². The highest BCUT2D eigenvalue weighted by molar-refractivity contribution is 14.1. The van der Waals surface area contributed by atoms with Crippen molar-refractivity contribution in [2.75, 3.05) is 32.7 Å². The molecule has 4 aromatic rings. The molecule has 0 saturated carbocycles. The number of anilines is 1. The molecule has 5 rings (SSSR count).